The van der Waals surface area contributed by atoms with Crippen molar-refractivity contribution in [3.63, 3.8) is 0 Å². The summed E-state index contributed by atoms with van der Waals surface area (Å²) in [4.78, 5) is 10.9. The summed E-state index contributed by atoms with van der Waals surface area (Å²) in [5.41, 5.74) is -0.188. The summed E-state index contributed by atoms with van der Waals surface area (Å²) in [6.45, 7) is 1.26. The van der Waals surface area contributed by atoms with E-state index in [9.17, 15) is 9.18 Å². The number of carbonyl (C=O) groups is 1. The molecule has 13 heavy (non-hydrogen) atoms. The lowest BCUT2D eigenvalue weighted by Crippen LogP contribution is -1.99. The van der Waals surface area contributed by atoms with Gasteiger partial charge in [-0.3, -0.25) is 4.79 Å². The number of Topliss-reactive ketones (excluding diaryl/α,β-unsaturated/α-hetero) is 1. The molecule has 0 saturated heterocycles. The fraction of sp³-hybridized carbons (Fsp3) is 0.111. The molecule has 0 unspecified atom stereocenters. The van der Waals surface area contributed by atoms with Gasteiger partial charge in [0.15, 0.2) is 11.6 Å². The molecule has 0 atom stereocenters. The predicted molar refractivity (Wildman–Crippen MR) is 48.8 cm³/mol. The third kappa shape index (κ3) is 1.76. The Kier molecular flexibility index (Phi) is 2.79. The van der Waals surface area contributed by atoms with E-state index in [2.05, 4.69) is 15.9 Å². The number of hydrogen-bond acceptors (Lipinski definition) is 2. The first-order valence-electron chi connectivity index (χ1n) is 3.47. The standard InChI is InChI=1S/C9H5BrFNO/c1-5(13)6-2-3-8(10)7(4-12)9(6)11/h2-3H,1H3. The van der Waals surface area contributed by atoms with Crippen molar-refractivity contribution in [3.8, 4) is 6.07 Å². The lowest BCUT2D eigenvalue weighted by Gasteiger charge is -2.01. The summed E-state index contributed by atoms with van der Waals surface area (Å²) in [6, 6.07) is 4.52. The van der Waals surface area contributed by atoms with Gasteiger partial charge in [0.25, 0.3) is 0 Å². The molecule has 0 radical (unpaired) electrons. The van der Waals surface area contributed by atoms with Crippen LogP contribution in [0.15, 0.2) is 16.6 Å². The summed E-state index contributed by atoms with van der Waals surface area (Å²) in [5, 5.41) is 8.57. The van der Waals surface area contributed by atoms with Crippen LogP contribution in [-0.4, -0.2) is 5.78 Å². The third-order valence-corrected chi connectivity index (χ3v) is 2.24. The largest absolute Gasteiger partial charge is 0.294 e. The SMILES string of the molecule is CC(=O)c1ccc(Br)c(C#N)c1F. The Labute approximate surface area is 83.1 Å². The molecule has 1 aromatic rings. The van der Waals surface area contributed by atoms with Gasteiger partial charge in [-0.1, -0.05) is 0 Å². The minimum atomic E-state index is -0.760. The number of nitriles is 1. The van der Waals surface area contributed by atoms with Gasteiger partial charge in [0.05, 0.1) is 5.56 Å². The van der Waals surface area contributed by atoms with E-state index in [4.69, 9.17) is 5.26 Å². The number of benzene rings is 1. The monoisotopic (exact) mass is 241 g/mol. The van der Waals surface area contributed by atoms with Crippen molar-refractivity contribution in [1.29, 1.82) is 5.26 Å². The van der Waals surface area contributed by atoms with E-state index in [1.807, 2.05) is 0 Å². The molecule has 0 aliphatic heterocycles. The first-order valence-corrected chi connectivity index (χ1v) is 4.26. The maximum Gasteiger partial charge on any atom is 0.162 e. The van der Waals surface area contributed by atoms with Crippen LogP contribution < -0.4 is 0 Å². The van der Waals surface area contributed by atoms with Crippen LogP contribution in [0.25, 0.3) is 0 Å². The van der Waals surface area contributed by atoms with Crippen LogP contribution in [-0.2, 0) is 0 Å². The fourth-order valence-corrected chi connectivity index (χ4v) is 1.32. The van der Waals surface area contributed by atoms with Crippen molar-refractivity contribution in [2.24, 2.45) is 0 Å². The molecular weight excluding hydrogens is 237 g/mol. The molecule has 66 valence electrons. The molecule has 0 heterocycles. The summed E-state index contributed by atoms with van der Waals surface area (Å²) >= 11 is 3.02. The second kappa shape index (κ2) is 3.67. The Morgan fingerprint density at radius 3 is 2.69 bits per heavy atom. The highest BCUT2D eigenvalue weighted by Gasteiger charge is 2.13. The molecule has 0 fully saturated rings. The van der Waals surface area contributed by atoms with Gasteiger partial charge >= 0.3 is 0 Å². The maximum atomic E-state index is 13.3. The molecule has 4 heteroatoms. The lowest BCUT2D eigenvalue weighted by atomic mass is 10.1. The van der Waals surface area contributed by atoms with E-state index in [1.54, 1.807) is 6.07 Å². The van der Waals surface area contributed by atoms with Gasteiger partial charge in [-0.15, -0.1) is 0 Å². The Morgan fingerprint density at radius 1 is 1.62 bits per heavy atom. The van der Waals surface area contributed by atoms with E-state index in [0.29, 0.717) is 4.47 Å². The predicted octanol–water partition coefficient (Wildman–Crippen LogP) is 2.66. The Morgan fingerprint density at radius 2 is 2.23 bits per heavy atom. The van der Waals surface area contributed by atoms with Gasteiger partial charge in [0.2, 0.25) is 0 Å². The number of nitrogens with zero attached hydrogens (tertiary/aromatic N) is 1. The van der Waals surface area contributed by atoms with Gasteiger partial charge in [0.1, 0.15) is 11.6 Å². The van der Waals surface area contributed by atoms with Crippen molar-refractivity contribution in [2.45, 2.75) is 6.92 Å². The van der Waals surface area contributed by atoms with E-state index < -0.39 is 5.82 Å². The minimum absolute atomic E-state index is 0.0558. The highest BCUT2D eigenvalue weighted by Crippen LogP contribution is 2.22. The van der Waals surface area contributed by atoms with Crippen LogP contribution >= 0.6 is 15.9 Å². The quantitative estimate of drug-likeness (QED) is 0.710. The van der Waals surface area contributed by atoms with Gasteiger partial charge < -0.3 is 0 Å². The lowest BCUT2D eigenvalue weighted by molar-refractivity contribution is 0.101. The Hall–Kier alpha value is -1.21. The zero-order valence-electron chi connectivity index (χ0n) is 6.77. The van der Waals surface area contributed by atoms with Crippen LogP contribution in [0.1, 0.15) is 22.8 Å². The van der Waals surface area contributed by atoms with E-state index >= 15 is 0 Å². The number of rotatable bonds is 1. The number of carbonyl (C=O) groups excluding carboxylic acids is 1. The van der Waals surface area contributed by atoms with Gasteiger partial charge in [-0.25, -0.2) is 4.39 Å². The number of halogens is 2. The summed E-state index contributed by atoms with van der Waals surface area (Å²) in [5.74, 6) is -1.15. The molecule has 1 rings (SSSR count). The average molecular weight is 242 g/mol. The molecule has 0 aliphatic carbocycles. The van der Waals surface area contributed by atoms with E-state index in [0.717, 1.165) is 0 Å². The molecular formula is C9H5BrFNO. The summed E-state index contributed by atoms with van der Waals surface area (Å²) < 4.78 is 13.7. The minimum Gasteiger partial charge on any atom is -0.294 e. The Bertz CT molecular complexity index is 409. The second-order valence-electron chi connectivity index (χ2n) is 2.45. The van der Waals surface area contributed by atoms with Gasteiger partial charge in [-0.2, -0.15) is 5.26 Å². The van der Waals surface area contributed by atoms with Crippen LogP contribution in [0.5, 0.6) is 0 Å². The topological polar surface area (TPSA) is 40.9 Å². The van der Waals surface area contributed by atoms with Crippen LogP contribution in [0.4, 0.5) is 4.39 Å². The highest BCUT2D eigenvalue weighted by atomic mass is 79.9. The molecule has 2 nitrogen and oxygen atoms in total. The third-order valence-electron chi connectivity index (χ3n) is 1.58. The number of ketones is 1. The molecule has 0 saturated carbocycles. The average Bonchev–Trinajstić information content (AvgIpc) is 2.04. The molecule has 0 bridgehead atoms. The molecule has 0 aromatic heterocycles. The van der Waals surface area contributed by atoms with Crippen LogP contribution in [0.3, 0.4) is 0 Å². The van der Waals surface area contributed by atoms with Gasteiger partial charge in [0, 0.05) is 4.47 Å². The number of hydrogen-bond donors (Lipinski definition) is 0. The van der Waals surface area contributed by atoms with Crippen LogP contribution in [0.2, 0.25) is 0 Å². The molecule has 0 amide bonds. The van der Waals surface area contributed by atoms with Crippen LogP contribution in [0, 0.1) is 17.1 Å². The highest BCUT2D eigenvalue weighted by molar-refractivity contribution is 9.10. The molecule has 0 aliphatic rings. The second-order valence-corrected chi connectivity index (χ2v) is 3.31. The van der Waals surface area contributed by atoms with E-state index in [-0.39, 0.29) is 16.9 Å². The van der Waals surface area contributed by atoms with Crippen molar-refractivity contribution < 1.29 is 9.18 Å². The zero-order chi connectivity index (χ0) is 10.0. The van der Waals surface area contributed by atoms with Crippen molar-refractivity contribution in [1.82, 2.24) is 0 Å². The molecule has 0 spiro atoms. The van der Waals surface area contributed by atoms with Crippen molar-refractivity contribution in [2.75, 3.05) is 0 Å². The Balaban J connectivity index is 3.47. The molecule has 0 N–H and O–H groups in total. The summed E-state index contributed by atoms with van der Waals surface area (Å²) in [7, 11) is 0. The first kappa shape index (κ1) is 9.87. The van der Waals surface area contributed by atoms with Crippen molar-refractivity contribution >= 4 is 21.7 Å². The van der Waals surface area contributed by atoms with E-state index in [1.165, 1.54) is 19.1 Å². The normalized spacial score (nSPS) is 9.38. The van der Waals surface area contributed by atoms with Crippen molar-refractivity contribution in [3.05, 3.63) is 33.5 Å². The first-order chi connectivity index (χ1) is 6.07. The zero-order valence-corrected chi connectivity index (χ0v) is 8.35. The smallest absolute Gasteiger partial charge is 0.162 e. The molecule has 1 aromatic carbocycles. The van der Waals surface area contributed by atoms with Gasteiger partial charge in [-0.05, 0) is 35.0 Å². The maximum absolute atomic E-state index is 13.3. The summed E-state index contributed by atoms with van der Waals surface area (Å²) in [6.07, 6.45) is 0. The fourth-order valence-electron chi connectivity index (χ4n) is 0.927.